The summed E-state index contributed by atoms with van der Waals surface area (Å²) < 4.78 is 0. The van der Waals surface area contributed by atoms with Crippen LogP contribution in [0.2, 0.25) is 0 Å². The molecule has 22 heavy (non-hydrogen) atoms. The molecule has 2 rings (SSSR count). The predicted molar refractivity (Wildman–Crippen MR) is 85.5 cm³/mol. The summed E-state index contributed by atoms with van der Waals surface area (Å²) >= 11 is 0. The van der Waals surface area contributed by atoms with E-state index >= 15 is 0 Å². The fraction of sp³-hybridized carbons (Fsp3) is 0.562. The van der Waals surface area contributed by atoms with Crippen LogP contribution in [-0.2, 0) is 9.59 Å². The zero-order valence-electron chi connectivity index (χ0n) is 13.5. The molecule has 0 bridgehead atoms. The first-order valence-corrected chi connectivity index (χ1v) is 7.70. The molecule has 2 amide bonds. The van der Waals surface area contributed by atoms with Crippen molar-refractivity contribution in [1.29, 1.82) is 0 Å². The summed E-state index contributed by atoms with van der Waals surface area (Å²) in [6.07, 6.45) is 3.91. The molecule has 120 valence electrons. The van der Waals surface area contributed by atoms with E-state index in [9.17, 15) is 9.59 Å². The van der Waals surface area contributed by atoms with Crippen molar-refractivity contribution >= 4 is 17.6 Å². The molecule has 6 nitrogen and oxygen atoms in total. The average Bonchev–Trinajstić information content (AvgIpc) is 3.26. The van der Waals surface area contributed by atoms with Crippen LogP contribution in [0.1, 0.15) is 25.3 Å². The summed E-state index contributed by atoms with van der Waals surface area (Å²) in [6, 6.07) is 4.08. The molecule has 0 atom stereocenters. The van der Waals surface area contributed by atoms with Crippen molar-refractivity contribution in [3.8, 4) is 0 Å². The minimum Gasteiger partial charge on any atom is -0.339 e. The Bertz CT molecular complexity index is 525. The third kappa shape index (κ3) is 4.80. The Balaban J connectivity index is 1.78. The second kappa shape index (κ2) is 7.35. The summed E-state index contributed by atoms with van der Waals surface area (Å²) in [7, 11) is 1.78. The highest BCUT2D eigenvalue weighted by Crippen LogP contribution is 2.26. The minimum absolute atomic E-state index is 0.0914. The van der Waals surface area contributed by atoms with Gasteiger partial charge in [-0.2, -0.15) is 0 Å². The largest absolute Gasteiger partial charge is 0.339 e. The van der Waals surface area contributed by atoms with Crippen LogP contribution in [0.4, 0.5) is 5.82 Å². The van der Waals surface area contributed by atoms with Gasteiger partial charge in [0, 0.05) is 18.8 Å². The fourth-order valence-electron chi connectivity index (χ4n) is 2.37. The third-order valence-corrected chi connectivity index (χ3v) is 3.65. The van der Waals surface area contributed by atoms with E-state index < -0.39 is 0 Å². The van der Waals surface area contributed by atoms with E-state index in [1.807, 2.05) is 24.8 Å². The number of hydrogen-bond donors (Lipinski definition) is 1. The third-order valence-electron chi connectivity index (χ3n) is 3.65. The van der Waals surface area contributed by atoms with Gasteiger partial charge in [0.25, 0.3) is 0 Å². The lowest BCUT2D eigenvalue weighted by Crippen LogP contribution is -2.42. The van der Waals surface area contributed by atoms with Crippen molar-refractivity contribution in [2.45, 2.75) is 32.7 Å². The van der Waals surface area contributed by atoms with Crippen LogP contribution in [0.25, 0.3) is 0 Å². The molecule has 0 saturated heterocycles. The molecule has 0 aromatic carbocycles. The van der Waals surface area contributed by atoms with Gasteiger partial charge >= 0.3 is 0 Å². The highest BCUT2D eigenvalue weighted by Gasteiger charge is 2.31. The van der Waals surface area contributed by atoms with Crippen LogP contribution in [-0.4, -0.2) is 59.3 Å². The van der Waals surface area contributed by atoms with E-state index in [2.05, 4.69) is 10.3 Å². The van der Waals surface area contributed by atoms with Crippen LogP contribution in [0.5, 0.6) is 0 Å². The first-order chi connectivity index (χ1) is 10.5. The highest BCUT2D eigenvalue weighted by atomic mass is 16.2. The first-order valence-electron chi connectivity index (χ1n) is 7.70. The molecule has 0 spiro atoms. The molecule has 1 saturated carbocycles. The van der Waals surface area contributed by atoms with Gasteiger partial charge in [-0.1, -0.05) is 6.07 Å². The molecule has 1 fully saturated rings. The lowest BCUT2D eigenvalue weighted by atomic mass is 10.3. The smallest absolute Gasteiger partial charge is 0.239 e. The van der Waals surface area contributed by atoms with Gasteiger partial charge in [0.2, 0.25) is 11.8 Å². The molecule has 1 aromatic rings. The summed E-state index contributed by atoms with van der Waals surface area (Å²) in [4.78, 5) is 31.9. The molecular formula is C16H24N4O2. The molecule has 1 aliphatic rings. The first kappa shape index (κ1) is 16.4. The zero-order chi connectivity index (χ0) is 16.1. The van der Waals surface area contributed by atoms with Crippen LogP contribution in [0, 0.1) is 6.92 Å². The Morgan fingerprint density at radius 3 is 2.59 bits per heavy atom. The van der Waals surface area contributed by atoms with E-state index in [0.29, 0.717) is 11.9 Å². The van der Waals surface area contributed by atoms with E-state index in [1.54, 1.807) is 24.2 Å². The number of nitrogens with zero attached hydrogens (tertiary/aromatic N) is 3. The van der Waals surface area contributed by atoms with E-state index in [4.69, 9.17) is 0 Å². The SMILES string of the molecule is CCN(C(=O)CN(C)CC(=O)Nc1ccc(C)cn1)C1CC1. The Labute approximate surface area is 131 Å². The van der Waals surface area contributed by atoms with E-state index in [0.717, 1.165) is 24.9 Å². The van der Waals surface area contributed by atoms with Crippen LogP contribution in [0.3, 0.4) is 0 Å². The van der Waals surface area contributed by atoms with Gasteiger partial charge in [0.1, 0.15) is 5.82 Å². The zero-order valence-corrected chi connectivity index (χ0v) is 13.5. The van der Waals surface area contributed by atoms with Gasteiger partial charge in [0.05, 0.1) is 13.1 Å². The topological polar surface area (TPSA) is 65.5 Å². The van der Waals surface area contributed by atoms with Gasteiger partial charge in [0.15, 0.2) is 0 Å². The van der Waals surface area contributed by atoms with Gasteiger partial charge in [-0.25, -0.2) is 4.98 Å². The maximum atomic E-state index is 12.2. The van der Waals surface area contributed by atoms with Crippen molar-refractivity contribution in [3.05, 3.63) is 23.9 Å². The van der Waals surface area contributed by atoms with Crippen molar-refractivity contribution in [1.82, 2.24) is 14.8 Å². The monoisotopic (exact) mass is 304 g/mol. The summed E-state index contributed by atoms with van der Waals surface area (Å²) in [5.41, 5.74) is 1.04. The predicted octanol–water partition coefficient (Wildman–Crippen LogP) is 1.27. The van der Waals surface area contributed by atoms with Gasteiger partial charge in [-0.3, -0.25) is 14.5 Å². The lowest BCUT2D eigenvalue weighted by Gasteiger charge is -2.23. The quantitative estimate of drug-likeness (QED) is 0.824. The number of nitrogens with one attached hydrogen (secondary N) is 1. The maximum absolute atomic E-state index is 12.2. The number of likely N-dealkylation sites (N-methyl/N-ethyl adjacent to an activating group) is 2. The molecule has 0 radical (unpaired) electrons. The fourth-order valence-corrected chi connectivity index (χ4v) is 2.37. The molecule has 0 unspecified atom stereocenters. The van der Waals surface area contributed by atoms with Gasteiger partial charge < -0.3 is 10.2 Å². The highest BCUT2D eigenvalue weighted by molar-refractivity contribution is 5.91. The van der Waals surface area contributed by atoms with Crippen LogP contribution in [0.15, 0.2) is 18.3 Å². The number of amides is 2. The summed E-state index contributed by atoms with van der Waals surface area (Å²) in [5.74, 6) is 0.457. The van der Waals surface area contributed by atoms with Crippen molar-refractivity contribution in [2.75, 3.05) is 32.0 Å². The van der Waals surface area contributed by atoms with E-state index in [-0.39, 0.29) is 24.9 Å². The number of aryl methyl sites for hydroxylation is 1. The number of anilines is 1. The molecule has 6 heteroatoms. The summed E-state index contributed by atoms with van der Waals surface area (Å²) in [6.45, 7) is 5.10. The van der Waals surface area contributed by atoms with Gasteiger partial charge in [-0.05, 0) is 45.4 Å². The van der Waals surface area contributed by atoms with Gasteiger partial charge in [-0.15, -0.1) is 0 Å². The molecule has 0 aliphatic heterocycles. The number of carbonyl (C=O) groups is 2. The molecule has 1 aliphatic carbocycles. The number of carbonyl (C=O) groups excluding carboxylic acids is 2. The molecule has 1 N–H and O–H groups in total. The minimum atomic E-state index is -0.166. The van der Waals surface area contributed by atoms with Crippen LogP contribution < -0.4 is 5.32 Å². The molecular weight excluding hydrogens is 280 g/mol. The Morgan fingerprint density at radius 1 is 1.32 bits per heavy atom. The maximum Gasteiger partial charge on any atom is 0.239 e. The van der Waals surface area contributed by atoms with Crippen molar-refractivity contribution in [3.63, 3.8) is 0 Å². The Morgan fingerprint density at radius 2 is 2.05 bits per heavy atom. The normalized spacial score (nSPS) is 14.0. The van der Waals surface area contributed by atoms with Crippen LogP contribution >= 0.6 is 0 Å². The second-order valence-corrected chi connectivity index (χ2v) is 5.85. The Hall–Kier alpha value is -1.95. The lowest BCUT2D eigenvalue weighted by molar-refractivity contribution is -0.132. The number of hydrogen-bond acceptors (Lipinski definition) is 4. The Kier molecular flexibility index (Phi) is 5.49. The average molecular weight is 304 g/mol. The standard InChI is InChI=1S/C16H24N4O2/c1-4-20(13-6-7-13)16(22)11-19(3)10-15(21)18-14-8-5-12(2)9-17-14/h5,8-9,13H,4,6-7,10-11H2,1-3H3,(H,17,18,21). The molecule has 1 aromatic heterocycles. The summed E-state index contributed by atoms with van der Waals surface area (Å²) in [5, 5.41) is 2.73. The number of pyridine rings is 1. The second-order valence-electron chi connectivity index (χ2n) is 5.85. The van der Waals surface area contributed by atoms with Crippen molar-refractivity contribution < 1.29 is 9.59 Å². The van der Waals surface area contributed by atoms with E-state index in [1.165, 1.54) is 0 Å². The number of aromatic nitrogens is 1. The molecule has 1 heterocycles. The van der Waals surface area contributed by atoms with Crippen molar-refractivity contribution in [2.24, 2.45) is 0 Å². The number of rotatable bonds is 7.